The molecule has 4 aromatic carbocycles. The van der Waals surface area contributed by atoms with Gasteiger partial charge in [0.1, 0.15) is 0 Å². The third-order valence-electron chi connectivity index (χ3n) is 5.27. The first-order chi connectivity index (χ1) is 13.6. The summed E-state index contributed by atoms with van der Waals surface area (Å²) >= 11 is 0. The van der Waals surface area contributed by atoms with E-state index in [4.69, 9.17) is 5.73 Å². The maximum Gasteiger partial charge on any atom is 2.00 e. The second kappa shape index (κ2) is 15.9. The number of rotatable bonds is 1. The standard InChI is InChI=1S/C19H15.C7H7NO.2CH3.2ClH.Si.Ti/c1-12-11-13(2)19-17-10-6-4-8-15(17)14-7-3-5-9-16(14)18(12)19;8-7(9)6-4-2-1-3-5-6;;;;;;/h3-9,11,13H,1-2H3;1-5H,(H2,8,9);2*1H3;2*1H;;/q-1;;2*-1;;;;+2/p-3. The quantitative estimate of drug-likeness (QED) is 0.206. The number of allylic oxidation sites excluding steroid dienone is 2. The van der Waals surface area contributed by atoms with E-state index in [0.717, 1.165) is 0 Å². The summed E-state index contributed by atoms with van der Waals surface area (Å²) < 4.78 is 0. The summed E-state index contributed by atoms with van der Waals surface area (Å²) in [5, 5.41) is 5.33. The molecule has 4 aromatic rings. The first-order valence-corrected chi connectivity index (χ1v) is 9.42. The fraction of sp³-hybridized carbons (Fsp3) is 0.107. The molecule has 5 rings (SSSR count). The predicted octanol–water partition coefficient (Wildman–Crippen LogP) is 1.72. The number of hydrogen-bond acceptors (Lipinski definition) is 1. The Hall–Kier alpha value is -1.88. The van der Waals surface area contributed by atoms with Crippen LogP contribution < -0.4 is 24.8 Å². The van der Waals surface area contributed by atoms with Crippen molar-refractivity contribution in [2.24, 2.45) is 0 Å². The van der Waals surface area contributed by atoms with Gasteiger partial charge in [-0.15, -0.1) is 40.6 Å². The minimum Gasteiger partial charge on any atom is -1.00 e. The molecule has 0 saturated carbocycles. The third kappa shape index (κ3) is 7.07. The zero-order chi connectivity index (χ0) is 19.7. The molecule has 2 nitrogen and oxygen atoms in total. The van der Waals surface area contributed by atoms with Crippen LogP contribution in [0.2, 0.25) is 0 Å². The van der Waals surface area contributed by atoms with Gasteiger partial charge in [0, 0.05) is 11.0 Å². The number of carbonyl (C=O) groups is 1. The second-order valence-electron chi connectivity index (χ2n) is 7.13. The van der Waals surface area contributed by atoms with Crippen LogP contribution in [0.4, 0.5) is 0 Å². The van der Waals surface area contributed by atoms with Crippen molar-refractivity contribution in [3.05, 3.63) is 122 Å². The molecule has 1 N–H and O–H groups in total. The molecule has 1 unspecified atom stereocenters. The normalized spacial score (nSPS) is 12.3. The van der Waals surface area contributed by atoms with Crippen molar-refractivity contribution in [2.75, 3.05) is 0 Å². The van der Waals surface area contributed by atoms with Gasteiger partial charge in [0.2, 0.25) is 0 Å². The third-order valence-corrected chi connectivity index (χ3v) is 5.27. The van der Waals surface area contributed by atoms with E-state index in [1.165, 1.54) is 38.2 Å². The van der Waals surface area contributed by atoms with Crippen LogP contribution in [0.3, 0.4) is 0 Å². The Morgan fingerprint density at radius 2 is 1.38 bits per heavy atom. The average molecular weight is 540 g/mol. The van der Waals surface area contributed by atoms with Gasteiger partial charge in [0.05, 0.1) is 5.91 Å². The molecule has 0 heterocycles. The molecule has 0 spiro atoms. The Morgan fingerprint density at radius 3 is 1.94 bits per heavy atom. The molecule has 0 bridgehead atoms. The van der Waals surface area contributed by atoms with E-state index >= 15 is 0 Å². The summed E-state index contributed by atoms with van der Waals surface area (Å²) in [6, 6.07) is 27.0. The van der Waals surface area contributed by atoms with Crippen molar-refractivity contribution in [2.45, 2.75) is 19.8 Å². The van der Waals surface area contributed by atoms with Crippen molar-refractivity contribution >= 4 is 44.0 Å². The molecule has 6 heteroatoms. The van der Waals surface area contributed by atoms with E-state index < -0.39 is 5.91 Å². The van der Waals surface area contributed by atoms with Crippen LogP contribution in [0.1, 0.15) is 41.3 Å². The first kappa shape index (κ1) is 36.7. The molecule has 1 aliphatic rings. The van der Waals surface area contributed by atoms with Crippen LogP contribution >= 0.6 is 0 Å². The maximum atomic E-state index is 10.3. The molecule has 1 atom stereocenters. The summed E-state index contributed by atoms with van der Waals surface area (Å²) in [6.45, 7) is 4.51. The van der Waals surface area contributed by atoms with E-state index in [1.807, 2.05) is 12.1 Å². The van der Waals surface area contributed by atoms with Gasteiger partial charge in [-0.05, 0) is 23.8 Å². The molecule has 0 aliphatic heterocycles. The van der Waals surface area contributed by atoms with E-state index in [2.05, 4.69) is 62.4 Å². The number of fused-ring (bicyclic) bond motifs is 6. The average Bonchev–Trinajstić information content (AvgIpc) is 3.04. The summed E-state index contributed by atoms with van der Waals surface area (Å²) in [6.07, 6.45) is 2.37. The van der Waals surface area contributed by atoms with E-state index in [-0.39, 0.29) is 72.4 Å². The minimum absolute atomic E-state index is 0. The smallest absolute Gasteiger partial charge is 1.00 e. The predicted molar refractivity (Wildman–Crippen MR) is 136 cm³/mol. The topological polar surface area (TPSA) is 40.9 Å². The summed E-state index contributed by atoms with van der Waals surface area (Å²) in [5.74, 6) is -0.142. The van der Waals surface area contributed by atoms with Crippen LogP contribution in [0.25, 0.3) is 32.9 Å². The molecule has 1 amide bonds. The van der Waals surface area contributed by atoms with Gasteiger partial charge in [0.25, 0.3) is 0 Å². The summed E-state index contributed by atoms with van der Waals surface area (Å²) in [5.41, 5.74) is 11.4. The zero-order valence-electron chi connectivity index (χ0n) is 19.7. The SMILES string of the molecule is CC1=CC(C)c2c1c1ccccc1c1ccc[c-]c21.[CH3-].[CH3-].[Cl-].[Cl-].[NH-]C(=O)c1ccccc1.[Si].[Ti+2]. The van der Waals surface area contributed by atoms with Gasteiger partial charge < -0.3 is 50.2 Å². The molecular formula is C28H27Cl2NOSiTi-4. The number of nitrogens with one attached hydrogen (secondary N) is 1. The van der Waals surface area contributed by atoms with Gasteiger partial charge in [0.15, 0.2) is 0 Å². The van der Waals surface area contributed by atoms with Gasteiger partial charge >= 0.3 is 21.7 Å². The fourth-order valence-electron chi connectivity index (χ4n) is 4.10. The van der Waals surface area contributed by atoms with Gasteiger partial charge in [-0.25, -0.2) is 0 Å². The first-order valence-electron chi connectivity index (χ1n) is 9.42. The number of hydrogen-bond donors (Lipinski definition) is 0. The molecule has 0 fully saturated rings. The van der Waals surface area contributed by atoms with Gasteiger partial charge in [-0.3, -0.25) is 0 Å². The second-order valence-corrected chi connectivity index (χ2v) is 7.13. The van der Waals surface area contributed by atoms with Crippen molar-refractivity contribution in [1.82, 2.24) is 0 Å². The van der Waals surface area contributed by atoms with Crippen LogP contribution in [0.5, 0.6) is 0 Å². The zero-order valence-corrected chi connectivity index (χ0v) is 23.8. The molecule has 0 saturated heterocycles. The van der Waals surface area contributed by atoms with E-state index in [9.17, 15) is 4.79 Å². The number of halogens is 2. The van der Waals surface area contributed by atoms with E-state index in [0.29, 0.717) is 11.5 Å². The van der Waals surface area contributed by atoms with E-state index in [1.54, 1.807) is 24.3 Å². The van der Waals surface area contributed by atoms with Crippen molar-refractivity contribution in [3.8, 4) is 0 Å². The number of carbonyl (C=O) groups excluding carboxylic acids is 1. The molecule has 0 aromatic heterocycles. The minimum atomic E-state index is -0.629. The van der Waals surface area contributed by atoms with Gasteiger partial charge in [-0.1, -0.05) is 84.1 Å². The van der Waals surface area contributed by atoms with Crippen molar-refractivity contribution in [3.63, 3.8) is 0 Å². The maximum absolute atomic E-state index is 10.3. The van der Waals surface area contributed by atoms with Crippen molar-refractivity contribution in [1.29, 1.82) is 0 Å². The molecular weight excluding hydrogens is 513 g/mol. The van der Waals surface area contributed by atoms with Crippen molar-refractivity contribution < 1.29 is 51.3 Å². The monoisotopic (exact) mass is 539 g/mol. The largest absolute Gasteiger partial charge is 2.00 e. The Labute approximate surface area is 236 Å². The summed E-state index contributed by atoms with van der Waals surface area (Å²) in [7, 11) is 0. The summed E-state index contributed by atoms with van der Waals surface area (Å²) in [4.78, 5) is 10.3. The Morgan fingerprint density at radius 1 is 0.853 bits per heavy atom. The fourth-order valence-corrected chi connectivity index (χ4v) is 4.10. The molecule has 4 radical (unpaired) electrons. The Bertz CT molecular complexity index is 1230. The van der Waals surface area contributed by atoms with Crippen LogP contribution in [-0.2, 0) is 21.7 Å². The molecule has 34 heavy (non-hydrogen) atoms. The Kier molecular flexibility index (Phi) is 17.2. The van der Waals surface area contributed by atoms with Crippen LogP contribution in [0, 0.1) is 20.9 Å². The van der Waals surface area contributed by atoms with Crippen LogP contribution in [0.15, 0.2) is 78.9 Å². The number of benzene rings is 4. The molecule has 1 aliphatic carbocycles. The molecule has 176 valence electrons. The van der Waals surface area contributed by atoms with Crippen LogP contribution in [-0.4, -0.2) is 16.9 Å². The van der Waals surface area contributed by atoms with Gasteiger partial charge in [-0.2, -0.15) is 0 Å². The Balaban J connectivity index is -0.000000566. The number of amides is 1.